The van der Waals surface area contributed by atoms with Crippen molar-refractivity contribution < 1.29 is 19.1 Å². The van der Waals surface area contributed by atoms with Crippen LogP contribution in [0.5, 0.6) is 0 Å². The molecule has 0 saturated carbocycles. The molecule has 0 aromatic heterocycles. The van der Waals surface area contributed by atoms with Gasteiger partial charge in [-0.15, -0.1) is 11.8 Å². The normalized spacial score (nSPS) is 22.8. The van der Waals surface area contributed by atoms with Crippen LogP contribution in [0.4, 0.5) is 5.69 Å². The second-order valence-corrected chi connectivity index (χ2v) is 7.47. The molecule has 2 atom stereocenters. The Hall–Kier alpha value is -2.02. The molecule has 1 fully saturated rings. The second-order valence-electron chi connectivity index (χ2n) is 6.23. The van der Waals surface area contributed by atoms with Crippen molar-refractivity contribution >= 4 is 35.2 Å². The fraction of sp³-hybridized carbons (Fsp3) is 0.500. The summed E-state index contributed by atoms with van der Waals surface area (Å²) < 4.78 is 5.07. The lowest BCUT2D eigenvalue weighted by atomic mass is 9.98. The average molecular weight is 362 g/mol. The number of carbonyl (C=O) groups excluding carboxylic acids is 3. The fourth-order valence-corrected chi connectivity index (χ4v) is 4.27. The molecule has 0 radical (unpaired) electrons. The highest BCUT2D eigenvalue weighted by Gasteiger charge is 2.33. The molecule has 0 unspecified atom stereocenters. The van der Waals surface area contributed by atoms with Crippen LogP contribution in [0.25, 0.3) is 0 Å². The van der Waals surface area contributed by atoms with Gasteiger partial charge in [0.15, 0.2) is 0 Å². The summed E-state index contributed by atoms with van der Waals surface area (Å²) in [5, 5.41) is 2.42. The number of piperidine rings is 1. The van der Waals surface area contributed by atoms with E-state index in [0.29, 0.717) is 19.7 Å². The first-order valence-corrected chi connectivity index (χ1v) is 9.47. The molecule has 1 aromatic carbocycles. The Morgan fingerprint density at radius 3 is 2.96 bits per heavy atom. The Balaban J connectivity index is 1.60. The van der Waals surface area contributed by atoms with Gasteiger partial charge >= 0.3 is 5.97 Å². The van der Waals surface area contributed by atoms with Gasteiger partial charge in [-0.05, 0) is 31.9 Å². The molecule has 25 heavy (non-hydrogen) atoms. The number of rotatable bonds is 4. The van der Waals surface area contributed by atoms with E-state index in [-0.39, 0.29) is 30.1 Å². The van der Waals surface area contributed by atoms with Crippen molar-refractivity contribution in [3.63, 3.8) is 0 Å². The molecule has 1 saturated heterocycles. The van der Waals surface area contributed by atoms with E-state index >= 15 is 0 Å². The highest BCUT2D eigenvalue weighted by atomic mass is 32.2. The Bertz CT molecular complexity index is 679. The van der Waals surface area contributed by atoms with E-state index in [0.717, 1.165) is 23.4 Å². The molecular weight excluding hydrogens is 340 g/mol. The van der Waals surface area contributed by atoms with E-state index in [9.17, 15) is 14.4 Å². The minimum atomic E-state index is -0.439. The van der Waals surface area contributed by atoms with Crippen molar-refractivity contribution in [2.45, 2.75) is 36.3 Å². The summed E-state index contributed by atoms with van der Waals surface area (Å²) >= 11 is 1.42. The summed E-state index contributed by atoms with van der Waals surface area (Å²) in [4.78, 5) is 39.5. The van der Waals surface area contributed by atoms with E-state index in [4.69, 9.17) is 4.74 Å². The van der Waals surface area contributed by atoms with E-state index in [1.807, 2.05) is 24.3 Å². The maximum atomic E-state index is 12.6. The summed E-state index contributed by atoms with van der Waals surface area (Å²) in [7, 11) is 0. The third-order valence-electron chi connectivity index (χ3n) is 4.46. The number of benzene rings is 1. The molecule has 0 aliphatic carbocycles. The summed E-state index contributed by atoms with van der Waals surface area (Å²) in [5.74, 6) is -0.720. The number of likely N-dealkylation sites (tertiary alicyclic amines) is 1. The lowest BCUT2D eigenvalue weighted by molar-refractivity contribution is -0.151. The van der Waals surface area contributed by atoms with Crippen LogP contribution in [0.3, 0.4) is 0 Å². The number of amides is 2. The highest BCUT2D eigenvalue weighted by Crippen LogP contribution is 2.37. The van der Waals surface area contributed by atoms with E-state index in [2.05, 4.69) is 5.32 Å². The first kappa shape index (κ1) is 17.8. The Morgan fingerprint density at radius 2 is 2.16 bits per heavy atom. The molecule has 3 rings (SSSR count). The molecule has 2 aliphatic rings. The second kappa shape index (κ2) is 7.91. The van der Waals surface area contributed by atoms with Crippen LogP contribution in [0.1, 0.15) is 26.2 Å². The first-order chi connectivity index (χ1) is 12.1. The molecule has 6 nitrogen and oxygen atoms in total. The quantitative estimate of drug-likeness (QED) is 0.832. The van der Waals surface area contributed by atoms with E-state index in [1.54, 1.807) is 11.8 Å². The molecule has 1 aromatic rings. The third kappa shape index (κ3) is 4.15. The maximum absolute atomic E-state index is 12.6. The zero-order valence-electron chi connectivity index (χ0n) is 14.2. The number of nitrogens with one attached hydrogen (secondary N) is 1. The van der Waals surface area contributed by atoms with Gasteiger partial charge in [-0.2, -0.15) is 0 Å². The summed E-state index contributed by atoms with van der Waals surface area (Å²) in [6.07, 6.45) is 1.66. The van der Waals surface area contributed by atoms with Crippen LogP contribution in [0.2, 0.25) is 0 Å². The third-order valence-corrected chi connectivity index (χ3v) is 5.74. The van der Waals surface area contributed by atoms with Crippen LogP contribution in [0.15, 0.2) is 29.2 Å². The zero-order chi connectivity index (χ0) is 17.8. The van der Waals surface area contributed by atoms with Gasteiger partial charge in [0.1, 0.15) is 0 Å². The number of thioether (sulfide) groups is 1. The molecule has 2 heterocycles. The van der Waals surface area contributed by atoms with E-state index < -0.39 is 5.25 Å². The first-order valence-electron chi connectivity index (χ1n) is 8.59. The Labute approximate surface area is 151 Å². The van der Waals surface area contributed by atoms with Gasteiger partial charge < -0.3 is 15.0 Å². The predicted octanol–water partition coefficient (Wildman–Crippen LogP) is 2.29. The minimum Gasteiger partial charge on any atom is -0.466 e. The molecule has 134 valence electrons. The predicted molar refractivity (Wildman–Crippen MR) is 95.3 cm³/mol. The molecule has 0 spiro atoms. The number of esters is 1. The van der Waals surface area contributed by atoms with Crippen LogP contribution >= 0.6 is 11.8 Å². The lowest BCUT2D eigenvalue weighted by Crippen LogP contribution is -2.44. The fourth-order valence-electron chi connectivity index (χ4n) is 3.17. The number of nitrogens with zero attached hydrogens (tertiary/aromatic N) is 1. The van der Waals surface area contributed by atoms with Crippen molar-refractivity contribution in [3.8, 4) is 0 Å². The molecule has 7 heteroatoms. The van der Waals surface area contributed by atoms with Crippen molar-refractivity contribution in [2.24, 2.45) is 5.92 Å². The average Bonchev–Trinajstić information content (AvgIpc) is 2.62. The van der Waals surface area contributed by atoms with Gasteiger partial charge in [-0.25, -0.2) is 0 Å². The van der Waals surface area contributed by atoms with Gasteiger partial charge in [0.2, 0.25) is 11.8 Å². The van der Waals surface area contributed by atoms with Crippen molar-refractivity contribution in [2.75, 3.05) is 25.0 Å². The van der Waals surface area contributed by atoms with Crippen LogP contribution in [-0.2, 0) is 19.1 Å². The summed E-state index contributed by atoms with van der Waals surface area (Å²) in [6, 6.07) is 7.58. The van der Waals surface area contributed by atoms with E-state index in [1.165, 1.54) is 11.8 Å². The van der Waals surface area contributed by atoms with Crippen molar-refractivity contribution in [3.05, 3.63) is 24.3 Å². The number of ether oxygens (including phenoxy) is 1. The number of para-hydroxylation sites is 1. The van der Waals surface area contributed by atoms with Crippen LogP contribution in [0, 0.1) is 5.92 Å². The van der Waals surface area contributed by atoms with Gasteiger partial charge in [0.25, 0.3) is 0 Å². The Kier molecular flexibility index (Phi) is 5.63. The summed E-state index contributed by atoms with van der Waals surface area (Å²) in [5.41, 5.74) is 0.793. The van der Waals surface area contributed by atoms with Crippen molar-refractivity contribution in [1.82, 2.24) is 4.90 Å². The zero-order valence-corrected chi connectivity index (χ0v) is 15.0. The van der Waals surface area contributed by atoms with Crippen LogP contribution in [-0.4, -0.2) is 47.6 Å². The van der Waals surface area contributed by atoms with Gasteiger partial charge in [0.05, 0.1) is 23.5 Å². The summed E-state index contributed by atoms with van der Waals surface area (Å²) in [6.45, 7) is 3.14. The van der Waals surface area contributed by atoms with Crippen LogP contribution < -0.4 is 5.32 Å². The molecule has 1 N–H and O–H groups in total. The molecule has 2 aliphatic heterocycles. The standard InChI is InChI=1S/C18H22N2O4S/c1-2-24-18(23)12-6-5-9-20(11-12)16(21)10-15-17(22)19-13-7-3-4-8-14(13)25-15/h3-4,7-8,12,15H,2,5-6,9-11H2,1H3,(H,19,22)/t12-,15+/m1/s1. The monoisotopic (exact) mass is 362 g/mol. The number of hydrogen-bond acceptors (Lipinski definition) is 5. The van der Waals surface area contributed by atoms with Gasteiger partial charge in [-0.3, -0.25) is 14.4 Å². The minimum absolute atomic E-state index is 0.0824. The maximum Gasteiger partial charge on any atom is 0.310 e. The van der Waals surface area contributed by atoms with Gasteiger partial charge in [0, 0.05) is 24.4 Å². The highest BCUT2D eigenvalue weighted by molar-refractivity contribution is 8.01. The van der Waals surface area contributed by atoms with Crippen molar-refractivity contribution in [1.29, 1.82) is 0 Å². The molecule has 2 amide bonds. The number of anilines is 1. The topological polar surface area (TPSA) is 75.7 Å². The molecule has 0 bridgehead atoms. The number of fused-ring (bicyclic) bond motifs is 1. The van der Waals surface area contributed by atoms with Gasteiger partial charge in [-0.1, -0.05) is 12.1 Å². The number of hydrogen-bond donors (Lipinski definition) is 1. The Morgan fingerprint density at radius 1 is 1.36 bits per heavy atom. The molecular formula is C18H22N2O4S. The largest absolute Gasteiger partial charge is 0.466 e. The SMILES string of the molecule is CCOC(=O)[C@@H]1CCCN(C(=O)C[C@@H]2Sc3ccccc3NC2=O)C1. The number of carbonyl (C=O) groups is 3. The smallest absolute Gasteiger partial charge is 0.310 e. The lowest BCUT2D eigenvalue weighted by Gasteiger charge is -2.33.